The molecule has 0 N–H and O–H groups in total. The minimum Gasteiger partial charge on any atom is -0.207 e. The summed E-state index contributed by atoms with van der Waals surface area (Å²) in [4.78, 5) is 1.89. The van der Waals surface area contributed by atoms with Crippen molar-refractivity contribution in [3.8, 4) is 0 Å². The second-order valence-electron chi connectivity index (χ2n) is 5.77. The van der Waals surface area contributed by atoms with Gasteiger partial charge < -0.3 is 0 Å². The fraction of sp³-hybridized carbons (Fsp3) is 0.294. The number of nitrogens with zero attached hydrogens (tertiary/aromatic N) is 1. The molecule has 5 heteroatoms. The van der Waals surface area contributed by atoms with Gasteiger partial charge in [0.25, 0.3) is 0 Å². The van der Waals surface area contributed by atoms with Gasteiger partial charge in [-0.1, -0.05) is 24.3 Å². The third-order valence-electron chi connectivity index (χ3n) is 4.46. The van der Waals surface area contributed by atoms with Crippen molar-refractivity contribution in [2.75, 3.05) is 6.54 Å². The van der Waals surface area contributed by atoms with Crippen LogP contribution in [0.25, 0.3) is 6.08 Å². The number of benzene rings is 1. The summed E-state index contributed by atoms with van der Waals surface area (Å²) in [5, 5.41) is 2.05. The molecule has 0 saturated heterocycles. The number of rotatable bonds is 2. The van der Waals surface area contributed by atoms with Crippen LogP contribution in [0.5, 0.6) is 0 Å². The first-order valence-corrected chi connectivity index (χ1v) is 9.80. The zero-order chi connectivity index (χ0) is 15.2. The molecule has 1 aromatic carbocycles. The largest absolute Gasteiger partial charge is 0.239 e. The third kappa shape index (κ3) is 2.33. The molecular formula is C17H17NO2S2. The first-order valence-electron chi connectivity index (χ1n) is 7.48. The molecule has 4 rings (SSSR count). The van der Waals surface area contributed by atoms with Crippen molar-refractivity contribution >= 4 is 27.4 Å². The van der Waals surface area contributed by atoms with Crippen LogP contribution in [0.4, 0.5) is 0 Å². The van der Waals surface area contributed by atoms with Gasteiger partial charge in [-0.25, -0.2) is 8.42 Å². The van der Waals surface area contributed by atoms with E-state index in [-0.39, 0.29) is 0 Å². The minimum atomic E-state index is -3.35. The van der Waals surface area contributed by atoms with Crippen molar-refractivity contribution in [2.24, 2.45) is 0 Å². The van der Waals surface area contributed by atoms with Crippen LogP contribution in [-0.2, 0) is 29.4 Å². The van der Waals surface area contributed by atoms with Gasteiger partial charge in [-0.15, -0.1) is 11.3 Å². The number of thiophene rings is 1. The molecule has 1 aromatic heterocycles. The second-order valence-corrected chi connectivity index (χ2v) is 8.76. The Bertz CT molecular complexity index is 849. The summed E-state index contributed by atoms with van der Waals surface area (Å²) in [6.07, 6.45) is 4.10. The molecule has 2 heterocycles. The van der Waals surface area contributed by atoms with Crippen LogP contribution in [-0.4, -0.2) is 19.3 Å². The molecule has 114 valence electrons. The maximum absolute atomic E-state index is 12.9. The first kappa shape index (κ1) is 14.2. The number of sulfonamides is 1. The molecule has 0 radical (unpaired) electrons. The molecule has 0 spiro atoms. The summed E-state index contributed by atoms with van der Waals surface area (Å²) in [5.41, 5.74) is 3.44. The van der Waals surface area contributed by atoms with E-state index in [1.807, 2.05) is 30.3 Å². The highest BCUT2D eigenvalue weighted by atomic mass is 32.2. The fourth-order valence-electron chi connectivity index (χ4n) is 3.20. The maximum atomic E-state index is 12.9. The van der Waals surface area contributed by atoms with Crippen LogP contribution in [0.1, 0.15) is 28.0 Å². The highest BCUT2D eigenvalue weighted by molar-refractivity contribution is 7.93. The van der Waals surface area contributed by atoms with Gasteiger partial charge in [-0.3, -0.25) is 0 Å². The Morgan fingerprint density at radius 1 is 1.00 bits per heavy atom. The molecule has 22 heavy (non-hydrogen) atoms. The van der Waals surface area contributed by atoms with E-state index in [0.29, 0.717) is 24.4 Å². The molecule has 2 aromatic rings. The molecular weight excluding hydrogens is 314 g/mol. The molecule has 0 bridgehead atoms. The molecule has 3 nitrogen and oxygen atoms in total. The summed E-state index contributed by atoms with van der Waals surface area (Å²) in [6, 6.07) is 10.1. The maximum Gasteiger partial charge on any atom is 0.239 e. The van der Waals surface area contributed by atoms with Crippen LogP contribution >= 0.6 is 11.3 Å². The van der Waals surface area contributed by atoms with Gasteiger partial charge in [0, 0.05) is 18.0 Å². The molecule has 0 fully saturated rings. The molecule has 0 unspecified atom stereocenters. The van der Waals surface area contributed by atoms with E-state index in [0.717, 1.165) is 24.0 Å². The topological polar surface area (TPSA) is 37.4 Å². The zero-order valence-corrected chi connectivity index (χ0v) is 13.8. The van der Waals surface area contributed by atoms with Crippen LogP contribution in [0, 0.1) is 0 Å². The van der Waals surface area contributed by atoms with Crippen molar-refractivity contribution in [3.05, 3.63) is 62.2 Å². The lowest BCUT2D eigenvalue weighted by Crippen LogP contribution is -2.36. The minimum absolute atomic E-state index is 0.514. The van der Waals surface area contributed by atoms with Gasteiger partial charge in [0.15, 0.2) is 0 Å². The normalized spacial score (nSPS) is 18.5. The summed E-state index contributed by atoms with van der Waals surface area (Å²) in [7, 11) is -3.35. The monoisotopic (exact) mass is 331 g/mol. The van der Waals surface area contributed by atoms with E-state index in [2.05, 4.69) is 11.4 Å². The van der Waals surface area contributed by atoms with Gasteiger partial charge in [-0.05, 0) is 53.5 Å². The van der Waals surface area contributed by atoms with Crippen LogP contribution in [0.3, 0.4) is 0 Å². The highest BCUT2D eigenvalue weighted by Gasteiger charge is 2.31. The van der Waals surface area contributed by atoms with Gasteiger partial charge in [-0.2, -0.15) is 4.31 Å². The summed E-state index contributed by atoms with van der Waals surface area (Å²) in [6.45, 7) is 1.11. The zero-order valence-electron chi connectivity index (χ0n) is 12.2. The van der Waals surface area contributed by atoms with Gasteiger partial charge in [0.1, 0.15) is 0 Å². The van der Waals surface area contributed by atoms with Gasteiger partial charge in [0.05, 0.1) is 4.91 Å². The number of allylic oxidation sites excluding steroid dienone is 1. The van der Waals surface area contributed by atoms with E-state index in [1.54, 1.807) is 15.6 Å². The lowest BCUT2D eigenvalue weighted by molar-refractivity contribution is 0.397. The number of hydrogen-bond donors (Lipinski definition) is 0. The Labute approximate surface area is 135 Å². The van der Waals surface area contributed by atoms with E-state index in [9.17, 15) is 8.42 Å². The quantitative estimate of drug-likeness (QED) is 0.845. The molecule has 1 aliphatic heterocycles. The van der Waals surface area contributed by atoms with Crippen LogP contribution < -0.4 is 0 Å². The first-order chi connectivity index (χ1) is 10.6. The number of aryl methyl sites for hydroxylation is 1. The average Bonchev–Trinajstić information content (AvgIpc) is 3.02. The standard InChI is InChI=1S/C17H17NO2S2/c19-22(20,18-9-7-17-15(12-18)8-10-21-17)16-6-5-13-3-1-2-4-14(13)11-16/h1-4,8,10-11H,5-7,9,12H2. The highest BCUT2D eigenvalue weighted by Crippen LogP contribution is 2.32. The Morgan fingerprint density at radius 2 is 1.86 bits per heavy atom. The van der Waals surface area contributed by atoms with E-state index >= 15 is 0 Å². The average molecular weight is 331 g/mol. The molecule has 2 aliphatic rings. The van der Waals surface area contributed by atoms with E-state index in [1.165, 1.54) is 10.4 Å². The van der Waals surface area contributed by atoms with E-state index in [4.69, 9.17) is 0 Å². The van der Waals surface area contributed by atoms with Crippen molar-refractivity contribution in [1.29, 1.82) is 0 Å². The van der Waals surface area contributed by atoms with Crippen molar-refractivity contribution in [3.63, 3.8) is 0 Å². The summed E-state index contributed by atoms with van der Waals surface area (Å²) < 4.78 is 27.5. The molecule has 0 amide bonds. The number of hydrogen-bond acceptors (Lipinski definition) is 3. The van der Waals surface area contributed by atoms with Crippen molar-refractivity contribution < 1.29 is 8.42 Å². The Kier molecular flexibility index (Phi) is 3.44. The SMILES string of the molecule is O=S(=O)(C1=Cc2ccccc2CC1)N1CCc2sccc2C1. The molecule has 1 aliphatic carbocycles. The summed E-state index contributed by atoms with van der Waals surface area (Å²) in [5.74, 6) is 0. The Balaban J connectivity index is 1.67. The van der Waals surface area contributed by atoms with Crippen molar-refractivity contribution in [2.45, 2.75) is 25.8 Å². The van der Waals surface area contributed by atoms with Crippen LogP contribution in [0.15, 0.2) is 40.6 Å². The Hall–Kier alpha value is -1.43. The Morgan fingerprint density at radius 3 is 2.77 bits per heavy atom. The lowest BCUT2D eigenvalue weighted by atomic mass is 9.98. The molecule has 0 saturated carbocycles. The van der Waals surface area contributed by atoms with Crippen molar-refractivity contribution in [1.82, 2.24) is 4.31 Å². The third-order valence-corrected chi connectivity index (χ3v) is 7.46. The fourth-order valence-corrected chi connectivity index (χ4v) is 5.70. The van der Waals surface area contributed by atoms with Crippen LogP contribution in [0.2, 0.25) is 0 Å². The van der Waals surface area contributed by atoms with E-state index < -0.39 is 10.0 Å². The van der Waals surface area contributed by atoms with Gasteiger partial charge >= 0.3 is 0 Å². The number of fused-ring (bicyclic) bond motifs is 2. The molecule has 0 atom stereocenters. The smallest absolute Gasteiger partial charge is 0.207 e. The summed E-state index contributed by atoms with van der Waals surface area (Å²) >= 11 is 1.73. The van der Waals surface area contributed by atoms with Gasteiger partial charge in [0.2, 0.25) is 10.0 Å². The predicted octanol–water partition coefficient (Wildman–Crippen LogP) is 3.42. The lowest BCUT2D eigenvalue weighted by Gasteiger charge is -2.28. The predicted molar refractivity (Wildman–Crippen MR) is 90.1 cm³/mol. The second kappa shape index (κ2) is 5.33.